The molecule has 0 radical (unpaired) electrons. The van der Waals surface area contributed by atoms with E-state index in [2.05, 4.69) is 10.6 Å². The Morgan fingerprint density at radius 3 is 2.00 bits per heavy atom. The average molecular weight is 461 g/mol. The van der Waals surface area contributed by atoms with Gasteiger partial charge in [-0.05, 0) is 73.5 Å². The van der Waals surface area contributed by atoms with Crippen LogP contribution in [0.4, 0.5) is 0 Å². The molecule has 6 heteroatoms. The zero-order chi connectivity index (χ0) is 23.7. The van der Waals surface area contributed by atoms with Gasteiger partial charge in [-0.1, -0.05) is 48.5 Å². The van der Waals surface area contributed by atoms with Crippen molar-refractivity contribution in [2.45, 2.75) is 50.1 Å². The van der Waals surface area contributed by atoms with Gasteiger partial charge < -0.3 is 15.4 Å². The summed E-state index contributed by atoms with van der Waals surface area (Å²) in [5.74, 6) is 0.428. The van der Waals surface area contributed by atoms with Gasteiger partial charge in [0.15, 0.2) is 0 Å². The molecule has 0 saturated heterocycles. The molecule has 34 heavy (non-hydrogen) atoms. The largest absolute Gasteiger partial charge is 0.467 e. The number of nitrogens with one attached hydrogen (secondary N) is 2. The minimum atomic E-state index is -1.01. The highest BCUT2D eigenvalue weighted by atomic mass is 16.5. The van der Waals surface area contributed by atoms with Crippen LogP contribution < -0.4 is 10.6 Å². The van der Waals surface area contributed by atoms with Crippen LogP contribution in [0.1, 0.15) is 48.0 Å². The van der Waals surface area contributed by atoms with Gasteiger partial charge in [0, 0.05) is 12.0 Å². The smallest absolute Gasteiger partial charge is 0.328 e. The molecule has 0 heterocycles. The van der Waals surface area contributed by atoms with Crippen LogP contribution in [0.3, 0.4) is 0 Å². The molecule has 6 rings (SSSR count). The molecule has 4 saturated carbocycles. The van der Waals surface area contributed by atoms with Crippen LogP contribution in [-0.4, -0.2) is 36.5 Å². The number of esters is 1. The highest BCUT2D eigenvalue weighted by molar-refractivity contribution is 6.00. The Morgan fingerprint density at radius 2 is 1.44 bits per heavy atom. The molecular weight excluding hydrogens is 428 g/mol. The second kappa shape index (κ2) is 9.24. The molecule has 0 unspecified atom stereocenters. The fourth-order valence-electron chi connectivity index (χ4n) is 6.87. The number of benzene rings is 2. The minimum absolute atomic E-state index is 0.0754. The van der Waals surface area contributed by atoms with Crippen LogP contribution in [0.2, 0.25) is 0 Å². The Balaban J connectivity index is 1.45. The Morgan fingerprint density at radius 1 is 0.882 bits per heavy atom. The zero-order valence-corrected chi connectivity index (χ0v) is 19.5. The van der Waals surface area contributed by atoms with E-state index >= 15 is 0 Å². The van der Waals surface area contributed by atoms with Gasteiger partial charge in [-0.25, -0.2) is 4.79 Å². The fraction of sp³-hybridized carbons (Fsp3) is 0.464. The van der Waals surface area contributed by atoms with Crippen molar-refractivity contribution in [3.8, 4) is 0 Å². The lowest BCUT2D eigenvalue weighted by Gasteiger charge is -2.60. The monoisotopic (exact) mass is 460 g/mol. The summed E-state index contributed by atoms with van der Waals surface area (Å²) >= 11 is 0. The van der Waals surface area contributed by atoms with Crippen LogP contribution in [0, 0.1) is 23.7 Å². The third-order valence-electron chi connectivity index (χ3n) is 8.23. The van der Waals surface area contributed by atoms with Crippen molar-refractivity contribution < 1.29 is 19.1 Å². The van der Waals surface area contributed by atoms with Crippen LogP contribution in [0.15, 0.2) is 60.7 Å². The van der Waals surface area contributed by atoms with E-state index in [0.29, 0.717) is 23.8 Å². The Bertz CT molecular complexity index is 1020. The Kier molecular flexibility index (Phi) is 6.15. The van der Waals surface area contributed by atoms with Crippen molar-refractivity contribution in [3.05, 3.63) is 71.8 Å². The van der Waals surface area contributed by atoms with Gasteiger partial charge in [-0.2, -0.15) is 0 Å². The highest BCUT2D eigenvalue weighted by Gasteiger charge is 2.62. The van der Waals surface area contributed by atoms with E-state index in [-0.39, 0.29) is 23.7 Å². The van der Waals surface area contributed by atoms with E-state index in [4.69, 9.17) is 4.74 Å². The van der Waals surface area contributed by atoms with Gasteiger partial charge in [0.1, 0.15) is 11.6 Å². The topological polar surface area (TPSA) is 84.5 Å². The van der Waals surface area contributed by atoms with E-state index in [1.54, 1.807) is 12.1 Å². The first-order valence-corrected chi connectivity index (χ1v) is 12.3. The molecular formula is C28H32N2O4. The lowest BCUT2D eigenvalue weighted by atomic mass is 9.48. The standard InChI is InChI=1S/C28H32N2O4/c1-34-26(32)24(17-18-8-4-2-5-9-18)29-27(33)28(30-25(31)21-10-6-3-7-11-21)22-13-19-12-20(15-22)16-23(28)14-19/h2-11,19-20,22-24H,12-17H2,1H3,(H,29,33)(H,30,31)/t19?,20?,22?,23?,24-,28?/m0/s1. The Hall–Kier alpha value is -3.15. The molecule has 0 aliphatic heterocycles. The normalized spacial score (nSPS) is 29.8. The van der Waals surface area contributed by atoms with Gasteiger partial charge >= 0.3 is 5.97 Å². The summed E-state index contributed by atoms with van der Waals surface area (Å²) in [4.78, 5) is 40.1. The number of hydrogen-bond donors (Lipinski definition) is 2. The minimum Gasteiger partial charge on any atom is -0.467 e. The number of ether oxygens (including phenoxy) is 1. The molecule has 2 N–H and O–H groups in total. The van der Waals surface area contributed by atoms with Crippen molar-refractivity contribution in [2.75, 3.05) is 7.11 Å². The predicted molar refractivity (Wildman–Crippen MR) is 128 cm³/mol. The van der Waals surface area contributed by atoms with E-state index in [1.807, 2.05) is 48.5 Å². The highest BCUT2D eigenvalue weighted by Crippen LogP contribution is 2.58. The van der Waals surface area contributed by atoms with Crippen LogP contribution in [0.5, 0.6) is 0 Å². The number of carbonyl (C=O) groups is 3. The zero-order valence-electron chi connectivity index (χ0n) is 19.5. The van der Waals surface area contributed by atoms with E-state index in [0.717, 1.165) is 31.2 Å². The fourth-order valence-corrected chi connectivity index (χ4v) is 6.87. The maximum Gasteiger partial charge on any atom is 0.328 e. The molecule has 2 aromatic carbocycles. The van der Waals surface area contributed by atoms with Gasteiger partial charge in [0.25, 0.3) is 5.91 Å². The van der Waals surface area contributed by atoms with Gasteiger partial charge in [0.2, 0.25) is 5.91 Å². The van der Waals surface area contributed by atoms with Gasteiger partial charge in [0.05, 0.1) is 7.11 Å². The lowest BCUT2D eigenvalue weighted by molar-refractivity contribution is -0.152. The van der Waals surface area contributed by atoms with Crippen molar-refractivity contribution >= 4 is 17.8 Å². The molecule has 1 atom stereocenters. The quantitative estimate of drug-likeness (QED) is 0.620. The van der Waals surface area contributed by atoms with Crippen molar-refractivity contribution in [3.63, 3.8) is 0 Å². The summed E-state index contributed by atoms with van der Waals surface area (Å²) in [7, 11) is 1.34. The average Bonchev–Trinajstić information content (AvgIpc) is 2.86. The second-order valence-electron chi connectivity index (χ2n) is 10.2. The molecule has 178 valence electrons. The molecule has 0 aromatic heterocycles. The number of amides is 2. The van der Waals surface area contributed by atoms with Gasteiger partial charge in [-0.3, -0.25) is 9.59 Å². The van der Waals surface area contributed by atoms with Crippen LogP contribution >= 0.6 is 0 Å². The van der Waals surface area contributed by atoms with Crippen LogP contribution in [-0.2, 0) is 20.7 Å². The summed E-state index contributed by atoms with van der Waals surface area (Å²) in [5, 5.41) is 6.23. The van der Waals surface area contributed by atoms with E-state index in [9.17, 15) is 14.4 Å². The first-order valence-electron chi connectivity index (χ1n) is 12.3. The molecule has 4 aliphatic rings. The predicted octanol–water partition coefficient (Wildman–Crippen LogP) is 3.51. The summed E-state index contributed by atoms with van der Waals surface area (Å²) < 4.78 is 5.03. The Labute approximate surface area is 200 Å². The number of hydrogen-bond acceptors (Lipinski definition) is 4. The van der Waals surface area contributed by atoms with Crippen molar-refractivity contribution in [1.82, 2.24) is 10.6 Å². The molecule has 4 bridgehead atoms. The van der Waals surface area contributed by atoms with E-state index < -0.39 is 17.6 Å². The molecule has 2 amide bonds. The summed E-state index contributed by atoms with van der Waals surface area (Å²) in [5.41, 5.74) is 0.464. The van der Waals surface area contributed by atoms with Crippen LogP contribution in [0.25, 0.3) is 0 Å². The number of methoxy groups -OCH3 is 1. The molecule has 4 aliphatic carbocycles. The first-order chi connectivity index (χ1) is 16.5. The van der Waals surface area contributed by atoms with Gasteiger partial charge in [-0.15, -0.1) is 0 Å². The maximum atomic E-state index is 14.1. The molecule has 0 spiro atoms. The first kappa shape index (κ1) is 22.6. The third-order valence-corrected chi connectivity index (χ3v) is 8.23. The van der Waals surface area contributed by atoms with Crippen molar-refractivity contribution in [1.29, 1.82) is 0 Å². The van der Waals surface area contributed by atoms with Crippen molar-refractivity contribution in [2.24, 2.45) is 23.7 Å². The third kappa shape index (κ3) is 4.10. The molecule has 4 fully saturated rings. The summed E-state index contributed by atoms with van der Waals surface area (Å²) in [6.07, 6.45) is 5.33. The summed E-state index contributed by atoms with van der Waals surface area (Å²) in [6.45, 7) is 0. The van der Waals surface area contributed by atoms with E-state index in [1.165, 1.54) is 13.5 Å². The maximum absolute atomic E-state index is 14.1. The number of rotatable bonds is 7. The number of carbonyl (C=O) groups excluding carboxylic acids is 3. The summed E-state index contributed by atoms with van der Waals surface area (Å²) in [6, 6.07) is 17.8. The second-order valence-corrected chi connectivity index (χ2v) is 10.2. The molecule has 2 aromatic rings. The lowest BCUT2D eigenvalue weighted by Crippen LogP contribution is -2.73. The molecule has 6 nitrogen and oxygen atoms in total. The SMILES string of the molecule is COC(=O)[C@H](Cc1ccccc1)NC(=O)C1(NC(=O)c2ccccc2)C2CC3CC(C2)CC1C3.